The smallest absolute Gasteiger partial charge is 0.312 e. The van der Waals surface area contributed by atoms with Gasteiger partial charge in [0, 0.05) is 31.6 Å². The normalized spacial score (nSPS) is 39.7. The predicted molar refractivity (Wildman–Crippen MR) is 244 cm³/mol. The second kappa shape index (κ2) is 19.2. The number of benzene rings is 2. The van der Waals surface area contributed by atoms with Crippen LogP contribution in [-0.4, -0.2) is 72.2 Å². The van der Waals surface area contributed by atoms with E-state index in [0.717, 1.165) is 100 Å². The van der Waals surface area contributed by atoms with Crippen molar-refractivity contribution in [2.75, 3.05) is 13.2 Å². The highest BCUT2D eigenvalue weighted by Gasteiger charge is 2.61. The van der Waals surface area contributed by atoms with Crippen LogP contribution in [0.15, 0.2) is 60.7 Å². The molecule has 9 heteroatoms. The summed E-state index contributed by atoms with van der Waals surface area (Å²) in [4.78, 5) is 13.3. The van der Waals surface area contributed by atoms with E-state index in [9.17, 15) is 9.90 Å². The van der Waals surface area contributed by atoms with Crippen LogP contribution < -0.4 is 4.74 Å². The van der Waals surface area contributed by atoms with Gasteiger partial charge in [-0.05, 0) is 163 Å². The Hall–Kier alpha value is -2.53. The molecule has 1 N–H and O–H groups in total. The Bertz CT molecular complexity index is 1790. The maximum absolute atomic E-state index is 13.3. The van der Waals surface area contributed by atoms with Gasteiger partial charge in [-0.2, -0.15) is 0 Å². The lowest BCUT2D eigenvalue weighted by Crippen LogP contribution is -2.53. The number of hydrogen-bond donors (Lipinski definition) is 1. The molecule has 11 fully saturated rings. The van der Waals surface area contributed by atoms with Gasteiger partial charge in [0.25, 0.3) is 0 Å². The van der Waals surface area contributed by atoms with Gasteiger partial charge in [0.05, 0.1) is 36.9 Å². The van der Waals surface area contributed by atoms with Gasteiger partial charge in [-0.25, -0.2) is 0 Å². The fourth-order valence-corrected chi connectivity index (χ4v) is 15.0. The van der Waals surface area contributed by atoms with Crippen LogP contribution >= 0.6 is 0 Å². The summed E-state index contributed by atoms with van der Waals surface area (Å²) in [7, 11) is 0. The third kappa shape index (κ3) is 9.61. The summed E-state index contributed by atoms with van der Waals surface area (Å²) in [6, 6.07) is 20.0. The number of ether oxygens (including phenoxy) is 7. The average molecular weight is 883 g/mol. The number of aliphatic hydroxyl groups is 1. The van der Waals surface area contributed by atoms with E-state index in [1.165, 1.54) is 82.6 Å². The lowest BCUT2D eigenvalue weighted by Gasteiger charge is -2.56. The van der Waals surface area contributed by atoms with E-state index in [2.05, 4.69) is 19.1 Å². The molecule has 64 heavy (non-hydrogen) atoms. The summed E-state index contributed by atoms with van der Waals surface area (Å²) in [6.07, 6.45) is 25.8. The highest BCUT2D eigenvalue weighted by Crippen LogP contribution is 2.62. The Morgan fingerprint density at radius 3 is 1.94 bits per heavy atom. The van der Waals surface area contributed by atoms with Crippen LogP contribution in [0.2, 0.25) is 0 Å². The minimum Gasteiger partial charge on any atom is -0.465 e. The largest absolute Gasteiger partial charge is 0.465 e. The van der Waals surface area contributed by atoms with E-state index < -0.39 is 11.9 Å². The topological polar surface area (TPSA) is 102 Å². The molecule has 9 saturated carbocycles. The zero-order valence-electron chi connectivity index (χ0n) is 39.0. The molecule has 0 amide bonds. The molecule has 2 saturated heterocycles. The van der Waals surface area contributed by atoms with Gasteiger partial charge in [0.15, 0.2) is 17.9 Å². The van der Waals surface area contributed by atoms with Crippen molar-refractivity contribution >= 4 is 5.97 Å². The highest BCUT2D eigenvalue weighted by molar-refractivity contribution is 5.78. The number of carbonyl (C=O) groups is 1. The summed E-state index contributed by atoms with van der Waals surface area (Å²) in [5, 5.41) is 10.9. The standard InChI is InChI=1S/C20H30O2.C19H30O5.C16H18O2/c1-2-20(12-13-3-4-17(20)8-13)22-18(21)19-9-14-5-15(10-19)7-16(6-14)11-19;20-16-13(15-12-21-18(23-15)7-3-1-4-8-18)11-14-17(16)24-19(22-14)9-5-2-6-10-19;1-14(18-16-10-6-3-7-11-16)17-13-12-15-8-4-2-5-9-15/h13-17H,2-12H2,1H3;13-17,20H,1-12H2;2-11,14H,12-13H2,1H3/t13-,14?,15?,16?,17+,19?,20+;13-,14+,15?,16+,17+;/m01./s1. The summed E-state index contributed by atoms with van der Waals surface area (Å²) < 4.78 is 42.7. The molecular weight excluding hydrogens is 805 g/mol. The maximum atomic E-state index is 13.3. The number of rotatable bonds is 10. The molecule has 2 unspecified atom stereocenters. The van der Waals surface area contributed by atoms with E-state index in [-0.39, 0.29) is 53.3 Å². The molecule has 0 aromatic heterocycles. The van der Waals surface area contributed by atoms with E-state index in [1.54, 1.807) is 0 Å². The minimum atomic E-state index is -0.497. The Balaban J connectivity index is 0.000000115. The second-order valence-electron chi connectivity index (χ2n) is 22.2. The van der Waals surface area contributed by atoms with Crippen molar-refractivity contribution in [2.45, 2.75) is 209 Å². The first-order chi connectivity index (χ1) is 31.1. The van der Waals surface area contributed by atoms with Crippen LogP contribution in [0.1, 0.15) is 161 Å². The van der Waals surface area contributed by atoms with Crippen LogP contribution in [0.25, 0.3) is 0 Å². The predicted octanol–water partition coefficient (Wildman–Crippen LogP) is 11.3. The van der Waals surface area contributed by atoms with Crippen LogP contribution in [-0.2, 0) is 39.6 Å². The average Bonchev–Trinajstić information content (AvgIpc) is 4.14. The minimum absolute atomic E-state index is 0.0156. The summed E-state index contributed by atoms with van der Waals surface area (Å²) in [6.45, 7) is 5.43. The zero-order valence-corrected chi connectivity index (χ0v) is 39.0. The molecule has 13 rings (SSSR count). The molecule has 9 atom stereocenters. The van der Waals surface area contributed by atoms with Crippen LogP contribution in [0.5, 0.6) is 5.75 Å². The molecule has 2 heterocycles. The third-order valence-electron chi connectivity index (χ3n) is 17.9. The molecule has 2 aromatic rings. The Morgan fingerprint density at radius 2 is 1.34 bits per heavy atom. The molecule has 9 nitrogen and oxygen atoms in total. The van der Waals surface area contributed by atoms with Crippen molar-refractivity contribution in [1.29, 1.82) is 0 Å². The van der Waals surface area contributed by atoms with Crippen molar-refractivity contribution in [3.63, 3.8) is 0 Å². The summed E-state index contributed by atoms with van der Waals surface area (Å²) >= 11 is 0. The van der Waals surface area contributed by atoms with Gasteiger partial charge in [0.1, 0.15) is 17.5 Å². The van der Waals surface area contributed by atoms with Crippen molar-refractivity contribution < 1.29 is 43.1 Å². The molecule has 2 aromatic carbocycles. The first kappa shape index (κ1) is 45.3. The van der Waals surface area contributed by atoms with Gasteiger partial charge < -0.3 is 38.3 Å². The quantitative estimate of drug-likeness (QED) is 0.185. The lowest BCUT2D eigenvalue weighted by molar-refractivity contribution is -0.219. The third-order valence-corrected chi connectivity index (χ3v) is 17.9. The first-order valence-electron chi connectivity index (χ1n) is 26.1. The first-order valence-corrected chi connectivity index (χ1v) is 26.1. The molecule has 352 valence electrons. The number of carbonyl (C=O) groups excluding carboxylic acids is 1. The van der Waals surface area contributed by atoms with Gasteiger partial charge in [0.2, 0.25) is 0 Å². The lowest BCUT2D eigenvalue weighted by atomic mass is 9.49. The van der Waals surface area contributed by atoms with Gasteiger partial charge in [-0.1, -0.05) is 68.3 Å². The number of esters is 1. The van der Waals surface area contributed by atoms with Gasteiger partial charge in [-0.3, -0.25) is 4.79 Å². The number of hydrogen-bond acceptors (Lipinski definition) is 9. The Kier molecular flexibility index (Phi) is 13.6. The van der Waals surface area contributed by atoms with Crippen molar-refractivity contribution in [3.05, 3.63) is 66.2 Å². The van der Waals surface area contributed by atoms with E-state index in [0.29, 0.717) is 19.1 Å². The van der Waals surface area contributed by atoms with Crippen molar-refractivity contribution in [3.8, 4) is 5.75 Å². The molecule has 2 aliphatic heterocycles. The Labute approximate surface area is 383 Å². The Morgan fingerprint density at radius 1 is 0.719 bits per heavy atom. The van der Waals surface area contributed by atoms with Crippen molar-refractivity contribution in [2.24, 2.45) is 40.9 Å². The summed E-state index contributed by atoms with van der Waals surface area (Å²) in [5.41, 5.74) is 1.13. The fourth-order valence-electron chi connectivity index (χ4n) is 15.0. The number of fused-ring (bicyclic) bond motifs is 3. The monoisotopic (exact) mass is 883 g/mol. The highest BCUT2D eigenvalue weighted by atomic mass is 16.8. The zero-order chi connectivity index (χ0) is 43.8. The van der Waals surface area contributed by atoms with Crippen LogP contribution in [0.4, 0.5) is 0 Å². The molecular formula is C55H78O9. The number of para-hydroxylation sites is 1. The number of aliphatic hydroxyl groups excluding tert-OH is 1. The second-order valence-corrected chi connectivity index (χ2v) is 22.2. The summed E-state index contributed by atoms with van der Waals surface area (Å²) in [5.74, 6) is 4.36. The van der Waals surface area contributed by atoms with Gasteiger partial charge in [-0.15, -0.1) is 0 Å². The van der Waals surface area contributed by atoms with E-state index in [1.807, 2.05) is 55.5 Å². The molecule has 11 aliphatic rings. The fraction of sp³-hybridized carbons (Fsp3) is 0.764. The van der Waals surface area contributed by atoms with Crippen LogP contribution in [0.3, 0.4) is 0 Å². The molecule has 6 bridgehead atoms. The maximum Gasteiger partial charge on any atom is 0.312 e. The van der Waals surface area contributed by atoms with E-state index in [4.69, 9.17) is 33.2 Å². The van der Waals surface area contributed by atoms with Gasteiger partial charge >= 0.3 is 5.97 Å². The van der Waals surface area contributed by atoms with Crippen LogP contribution in [0, 0.1) is 40.9 Å². The van der Waals surface area contributed by atoms with E-state index >= 15 is 0 Å². The molecule has 2 spiro atoms. The molecule has 0 radical (unpaired) electrons. The SMILES string of the molecule is CC(OCCc1ccccc1)Oc1ccccc1.CC[C@@]1(OC(=O)C23CC4CC(CC(C4)C2)C3)C[C@H]2CC[C@@H]1C2.O[C@@H]1[C@H]2OC3(CCCCC3)O[C@H]2C[C@@H]1C1COC2(CCCCC2)O1. The molecule has 9 aliphatic carbocycles. The van der Waals surface area contributed by atoms with Crippen molar-refractivity contribution in [1.82, 2.24) is 0 Å².